The van der Waals surface area contributed by atoms with Crippen molar-refractivity contribution in [2.75, 3.05) is 13.2 Å². The molecule has 0 aliphatic carbocycles. The average molecular weight is 388 g/mol. The summed E-state index contributed by atoms with van der Waals surface area (Å²) in [6.45, 7) is -0.839. The highest BCUT2D eigenvalue weighted by Gasteiger charge is 2.11. The molecule has 0 fully saturated rings. The number of aliphatic carboxylic acids is 1. The van der Waals surface area contributed by atoms with Crippen molar-refractivity contribution in [3.05, 3.63) is 64.0 Å². The molecule has 0 atom stereocenters. The summed E-state index contributed by atoms with van der Waals surface area (Å²) in [5, 5.41) is 11.6. The van der Waals surface area contributed by atoms with Crippen LogP contribution < -0.4 is 15.5 Å². The summed E-state index contributed by atoms with van der Waals surface area (Å²) in [6.07, 6.45) is 1.36. The fourth-order valence-corrected chi connectivity index (χ4v) is 2.53. The van der Waals surface area contributed by atoms with Gasteiger partial charge in [0.05, 0.1) is 10.9 Å². The number of ether oxygens (including phenoxy) is 1. The molecule has 0 saturated carbocycles. The number of halogens is 1. The maximum absolute atomic E-state index is 12.7. The average Bonchev–Trinajstić information content (AvgIpc) is 2.66. The number of carboxylic acids is 1. The first-order chi connectivity index (χ1) is 12.9. The van der Waals surface area contributed by atoms with E-state index < -0.39 is 18.4 Å². The zero-order valence-corrected chi connectivity index (χ0v) is 14.7. The first-order valence-electron chi connectivity index (χ1n) is 7.87. The van der Waals surface area contributed by atoms with Crippen molar-refractivity contribution in [3.8, 4) is 16.9 Å². The van der Waals surface area contributed by atoms with Crippen LogP contribution in [0.3, 0.4) is 0 Å². The molecule has 1 heterocycles. The molecule has 0 unspecified atom stereocenters. The van der Waals surface area contributed by atoms with E-state index in [1.807, 2.05) is 0 Å². The van der Waals surface area contributed by atoms with Crippen molar-refractivity contribution in [1.29, 1.82) is 0 Å². The monoisotopic (exact) mass is 387 g/mol. The van der Waals surface area contributed by atoms with Gasteiger partial charge in [0, 0.05) is 11.1 Å². The van der Waals surface area contributed by atoms with Crippen molar-refractivity contribution in [3.63, 3.8) is 0 Å². The van der Waals surface area contributed by atoms with Crippen LogP contribution in [-0.2, 0) is 9.59 Å². The predicted octanol–water partition coefficient (Wildman–Crippen LogP) is 2.69. The largest absolute Gasteiger partial charge is 0.484 e. The van der Waals surface area contributed by atoms with Crippen LogP contribution in [0.4, 0.5) is 0 Å². The lowest BCUT2D eigenvalue weighted by molar-refractivity contribution is -0.138. The van der Waals surface area contributed by atoms with E-state index in [0.29, 0.717) is 32.9 Å². The summed E-state index contributed by atoms with van der Waals surface area (Å²) < 4.78 is 10.8. The highest BCUT2D eigenvalue weighted by atomic mass is 35.5. The number of rotatable bonds is 6. The molecule has 3 aromatic rings. The van der Waals surface area contributed by atoms with Crippen LogP contribution in [0, 0.1) is 0 Å². The highest BCUT2D eigenvalue weighted by molar-refractivity contribution is 6.30. The van der Waals surface area contributed by atoms with E-state index in [0.717, 1.165) is 0 Å². The van der Waals surface area contributed by atoms with Crippen LogP contribution >= 0.6 is 11.6 Å². The third-order valence-corrected chi connectivity index (χ3v) is 3.96. The second kappa shape index (κ2) is 7.92. The molecule has 0 aliphatic heterocycles. The molecule has 2 N–H and O–H groups in total. The number of benzene rings is 2. The molecular weight excluding hydrogens is 374 g/mol. The summed E-state index contributed by atoms with van der Waals surface area (Å²) >= 11 is 5.87. The molecule has 8 heteroatoms. The molecule has 138 valence electrons. The molecule has 7 nitrogen and oxygen atoms in total. The number of hydrogen-bond donors (Lipinski definition) is 2. The number of fused-ring (bicyclic) bond motifs is 1. The number of hydrogen-bond acceptors (Lipinski definition) is 5. The van der Waals surface area contributed by atoms with Gasteiger partial charge in [-0.25, -0.2) is 0 Å². The van der Waals surface area contributed by atoms with Crippen LogP contribution in [0.2, 0.25) is 5.02 Å². The zero-order valence-electron chi connectivity index (χ0n) is 13.9. The van der Waals surface area contributed by atoms with Gasteiger partial charge in [-0.15, -0.1) is 0 Å². The van der Waals surface area contributed by atoms with Crippen molar-refractivity contribution < 1.29 is 23.8 Å². The first kappa shape index (κ1) is 18.5. The number of carbonyl (C=O) groups is 2. The standard InChI is InChI=1S/C19H14ClNO6/c20-12-3-1-11(2-4-12)15-9-27-16-7-13(5-6-14(16)19(15)25)26-10-17(22)21-8-18(23)24/h1-7,9H,8,10H2,(H,21,22)(H,23,24). The zero-order chi connectivity index (χ0) is 19.4. The second-order valence-electron chi connectivity index (χ2n) is 5.60. The van der Waals surface area contributed by atoms with E-state index in [4.69, 9.17) is 25.9 Å². The maximum atomic E-state index is 12.7. The Morgan fingerprint density at radius 2 is 1.89 bits per heavy atom. The van der Waals surface area contributed by atoms with Gasteiger partial charge >= 0.3 is 5.97 Å². The van der Waals surface area contributed by atoms with Gasteiger partial charge in [0.1, 0.15) is 24.1 Å². The minimum Gasteiger partial charge on any atom is -0.484 e. The molecule has 27 heavy (non-hydrogen) atoms. The Hall–Kier alpha value is -3.32. The summed E-state index contributed by atoms with van der Waals surface area (Å²) in [5.74, 6) is -1.40. The van der Waals surface area contributed by atoms with Crippen molar-refractivity contribution in [2.24, 2.45) is 0 Å². The minimum atomic E-state index is -1.15. The number of carboxylic acid groups (broad SMARTS) is 1. The van der Waals surface area contributed by atoms with E-state index in [2.05, 4.69) is 5.32 Å². The fourth-order valence-electron chi connectivity index (χ4n) is 2.40. The SMILES string of the molecule is O=C(O)CNC(=O)COc1ccc2c(=O)c(-c3ccc(Cl)cc3)coc2c1. The lowest BCUT2D eigenvalue weighted by atomic mass is 10.1. The Balaban J connectivity index is 1.80. The van der Waals surface area contributed by atoms with Crippen LogP contribution in [-0.4, -0.2) is 30.1 Å². The van der Waals surface area contributed by atoms with Crippen molar-refractivity contribution >= 4 is 34.4 Å². The molecule has 1 aromatic heterocycles. The summed E-state index contributed by atoms with van der Waals surface area (Å²) in [7, 11) is 0. The van der Waals surface area contributed by atoms with Gasteiger partial charge in [0.25, 0.3) is 5.91 Å². The molecule has 0 aliphatic rings. The Bertz CT molecular complexity index is 1060. The number of nitrogens with one attached hydrogen (secondary N) is 1. The number of amides is 1. The van der Waals surface area contributed by atoms with Crippen LogP contribution in [0.15, 0.2) is 57.9 Å². The first-order valence-corrected chi connectivity index (χ1v) is 8.24. The summed E-state index contributed by atoms with van der Waals surface area (Å²) in [5.41, 5.74) is 1.19. The van der Waals surface area contributed by atoms with E-state index in [-0.39, 0.29) is 12.0 Å². The molecule has 0 bridgehead atoms. The quantitative estimate of drug-likeness (QED) is 0.673. The van der Waals surface area contributed by atoms with Gasteiger partial charge in [-0.05, 0) is 29.8 Å². The molecule has 1 amide bonds. The Morgan fingerprint density at radius 3 is 2.59 bits per heavy atom. The Kier molecular flexibility index (Phi) is 5.42. The lowest BCUT2D eigenvalue weighted by Gasteiger charge is -2.07. The Morgan fingerprint density at radius 1 is 1.15 bits per heavy atom. The van der Waals surface area contributed by atoms with E-state index in [1.54, 1.807) is 30.3 Å². The summed E-state index contributed by atoms with van der Waals surface area (Å²) in [6, 6.07) is 11.4. The molecule has 0 radical (unpaired) electrons. The topological polar surface area (TPSA) is 106 Å². The van der Waals surface area contributed by atoms with Crippen LogP contribution in [0.5, 0.6) is 5.75 Å². The van der Waals surface area contributed by atoms with Crippen LogP contribution in [0.1, 0.15) is 0 Å². The molecular formula is C19H14ClNO6. The van der Waals surface area contributed by atoms with Gasteiger partial charge < -0.3 is 19.6 Å². The third-order valence-electron chi connectivity index (χ3n) is 3.71. The molecule has 0 spiro atoms. The van der Waals surface area contributed by atoms with E-state index in [1.165, 1.54) is 18.4 Å². The minimum absolute atomic E-state index is 0.204. The van der Waals surface area contributed by atoms with Gasteiger partial charge in [0.15, 0.2) is 12.0 Å². The molecule has 0 saturated heterocycles. The second-order valence-corrected chi connectivity index (χ2v) is 6.04. The number of carbonyl (C=O) groups excluding carboxylic acids is 1. The lowest BCUT2D eigenvalue weighted by Crippen LogP contribution is -2.33. The van der Waals surface area contributed by atoms with Crippen LogP contribution in [0.25, 0.3) is 22.1 Å². The fraction of sp³-hybridized carbons (Fsp3) is 0.105. The van der Waals surface area contributed by atoms with Gasteiger partial charge in [-0.2, -0.15) is 0 Å². The van der Waals surface area contributed by atoms with Gasteiger partial charge in [-0.3, -0.25) is 14.4 Å². The highest BCUT2D eigenvalue weighted by Crippen LogP contribution is 2.24. The maximum Gasteiger partial charge on any atom is 0.322 e. The molecule has 3 rings (SSSR count). The van der Waals surface area contributed by atoms with E-state index in [9.17, 15) is 14.4 Å². The van der Waals surface area contributed by atoms with Gasteiger partial charge in [-0.1, -0.05) is 23.7 Å². The summed E-state index contributed by atoms with van der Waals surface area (Å²) in [4.78, 5) is 34.6. The van der Waals surface area contributed by atoms with Crippen molar-refractivity contribution in [1.82, 2.24) is 5.32 Å². The van der Waals surface area contributed by atoms with Gasteiger partial charge in [0.2, 0.25) is 0 Å². The van der Waals surface area contributed by atoms with E-state index >= 15 is 0 Å². The normalized spacial score (nSPS) is 10.6. The molecule has 2 aromatic carbocycles. The third kappa shape index (κ3) is 4.45. The smallest absolute Gasteiger partial charge is 0.322 e. The Labute approximate surface area is 158 Å². The van der Waals surface area contributed by atoms with Crippen molar-refractivity contribution in [2.45, 2.75) is 0 Å². The predicted molar refractivity (Wildman–Crippen MR) is 99.1 cm³/mol.